The van der Waals surface area contributed by atoms with E-state index in [4.69, 9.17) is 5.11 Å². The molecule has 0 fully saturated rings. The number of rotatable bonds is 3. The molecule has 3 nitrogen and oxygen atoms in total. The van der Waals surface area contributed by atoms with Gasteiger partial charge in [0.05, 0.1) is 6.61 Å². The Morgan fingerprint density at radius 2 is 2.14 bits per heavy atom. The van der Waals surface area contributed by atoms with E-state index >= 15 is 0 Å². The average Bonchev–Trinajstić information content (AvgIpc) is 2.16. The van der Waals surface area contributed by atoms with Crippen molar-refractivity contribution in [1.29, 1.82) is 0 Å². The van der Waals surface area contributed by atoms with Crippen molar-refractivity contribution >= 4 is 11.8 Å². The third-order valence-corrected chi connectivity index (χ3v) is 2.95. The van der Waals surface area contributed by atoms with E-state index in [0.717, 1.165) is 17.0 Å². The topological polar surface area (TPSA) is 44.3 Å². The van der Waals surface area contributed by atoms with E-state index < -0.39 is 0 Å². The van der Waals surface area contributed by atoms with E-state index in [1.54, 1.807) is 11.8 Å². The summed E-state index contributed by atoms with van der Waals surface area (Å²) in [5.74, 6) is 1.01. The largest absolute Gasteiger partial charge is 0.502 e. The Labute approximate surface area is 88.4 Å². The van der Waals surface area contributed by atoms with Crippen molar-refractivity contribution in [3.8, 4) is 5.75 Å². The predicted molar refractivity (Wildman–Crippen MR) is 57.2 cm³/mol. The van der Waals surface area contributed by atoms with Crippen molar-refractivity contribution < 1.29 is 14.8 Å². The van der Waals surface area contributed by atoms with Gasteiger partial charge in [0.2, 0.25) is 5.69 Å². The standard InChI is InChI=1S/C10H15NO2S/c1-7-10(13)9(5-12)8(6-14-3)4-11(7)2/h4,12H,5-6H2,1-3H3/p+1. The van der Waals surface area contributed by atoms with E-state index in [-0.39, 0.29) is 12.4 Å². The Hall–Kier alpha value is -0.740. The zero-order chi connectivity index (χ0) is 10.7. The van der Waals surface area contributed by atoms with Crippen LogP contribution in [0, 0.1) is 6.92 Å². The van der Waals surface area contributed by atoms with E-state index in [2.05, 4.69) is 0 Å². The Morgan fingerprint density at radius 1 is 1.50 bits per heavy atom. The number of nitrogens with zero attached hydrogens (tertiary/aromatic N) is 1. The van der Waals surface area contributed by atoms with Gasteiger partial charge in [-0.3, -0.25) is 0 Å². The number of hydrogen-bond donors (Lipinski definition) is 2. The van der Waals surface area contributed by atoms with Gasteiger partial charge in [0.1, 0.15) is 7.05 Å². The highest BCUT2D eigenvalue weighted by Crippen LogP contribution is 2.24. The zero-order valence-corrected chi connectivity index (χ0v) is 9.56. The average molecular weight is 214 g/mol. The summed E-state index contributed by atoms with van der Waals surface area (Å²) in [6.07, 6.45) is 3.95. The highest BCUT2D eigenvalue weighted by atomic mass is 32.2. The molecule has 0 spiro atoms. The van der Waals surface area contributed by atoms with Gasteiger partial charge in [-0.05, 0) is 6.26 Å². The number of aliphatic hydroxyl groups is 1. The number of thioether (sulfide) groups is 1. The molecule has 0 unspecified atom stereocenters. The molecule has 0 radical (unpaired) electrons. The summed E-state index contributed by atoms with van der Waals surface area (Å²) in [5, 5.41) is 19.0. The Kier molecular flexibility index (Phi) is 3.77. The van der Waals surface area contributed by atoms with Crippen LogP contribution in [0.1, 0.15) is 16.8 Å². The van der Waals surface area contributed by atoms with Gasteiger partial charge in [0.25, 0.3) is 0 Å². The van der Waals surface area contributed by atoms with Crippen LogP contribution in [0.2, 0.25) is 0 Å². The highest BCUT2D eigenvalue weighted by molar-refractivity contribution is 7.97. The van der Waals surface area contributed by atoms with Gasteiger partial charge in [-0.1, -0.05) is 0 Å². The van der Waals surface area contributed by atoms with E-state index in [0.29, 0.717) is 5.56 Å². The molecule has 4 heteroatoms. The summed E-state index contributed by atoms with van der Waals surface area (Å²) < 4.78 is 1.88. The molecule has 14 heavy (non-hydrogen) atoms. The molecule has 2 N–H and O–H groups in total. The van der Waals surface area contributed by atoms with Gasteiger partial charge in [0.15, 0.2) is 11.9 Å². The summed E-state index contributed by atoms with van der Waals surface area (Å²) in [5.41, 5.74) is 2.42. The van der Waals surface area contributed by atoms with Gasteiger partial charge < -0.3 is 10.2 Å². The van der Waals surface area contributed by atoms with E-state index in [1.807, 2.05) is 31.0 Å². The SMILES string of the molecule is CSCc1c[n+](C)c(C)c(O)c1CO. The number of pyridine rings is 1. The summed E-state index contributed by atoms with van der Waals surface area (Å²) in [4.78, 5) is 0. The second-order valence-corrected chi connectivity index (χ2v) is 4.13. The first kappa shape index (κ1) is 11.3. The molecule has 0 aliphatic heterocycles. The van der Waals surface area contributed by atoms with Gasteiger partial charge in [0, 0.05) is 23.8 Å². The second kappa shape index (κ2) is 4.66. The van der Waals surface area contributed by atoms with Crippen LogP contribution in [-0.4, -0.2) is 16.5 Å². The molecular formula is C10H16NO2S+. The van der Waals surface area contributed by atoms with Crippen LogP contribution in [0.25, 0.3) is 0 Å². The molecule has 0 aliphatic carbocycles. The zero-order valence-electron chi connectivity index (χ0n) is 8.74. The fourth-order valence-electron chi connectivity index (χ4n) is 1.40. The number of hydrogen-bond acceptors (Lipinski definition) is 3. The van der Waals surface area contributed by atoms with Gasteiger partial charge in [-0.15, -0.1) is 0 Å². The fraction of sp³-hybridized carbons (Fsp3) is 0.500. The maximum atomic E-state index is 9.80. The van der Waals surface area contributed by atoms with E-state index in [1.165, 1.54) is 0 Å². The highest BCUT2D eigenvalue weighted by Gasteiger charge is 2.17. The second-order valence-electron chi connectivity index (χ2n) is 3.27. The van der Waals surface area contributed by atoms with Crippen molar-refractivity contribution in [2.24, 2.45) is 7.05 Å². The summed E-state index contributed by atoms with van der Waals surface area (Å²) >= 11 is 1.67. The molecule has 1 aromatic rings. The number of aromatic hydroxyl groups is 1. The first-order valence-corrected chi connectivity index (χ1v) is 5.81. The molecule has 0 aromatic carbocycles. The number of aromatic nitrogens is 1. The first-order chi connectivity index (χ1) is 6.61. The van der Waals surface area contributed by atoms with Crippen molar-refractivity contribution in [2.45, 2.75) is 19.3 Å². The first-order valence-electron chi connectivity index (χ1n) is 4.41. The van der Waals surface area contributed by atoms with Crippen LogP contribution in [0.3, 0.4) is 0 Å². The van der Waals surface area contributed by atoms with Crippen LogP contribution in [0.5, 0.6) is 5.75 Å². The van der Waals surface area contributed by atoms with Crippen LogP contribution < -0.4 is 4.57 Å². The van der Waals surface area contributed by atoms with Crippen LogP contribution >= 0.6 is 11.8 Å². The van der Waals surface area contributed by atoms with Crippen LogP contribution in [0.4, 0.5) is 0 Å². The lowest BCUT2D eigenvalue weighted by molar-refractivity contribution is -0.678. The van der Waals surface area contributed by atoms with E-state index in [9.17, 15) is 5.11 Å². The normalized spacial score (nSPS) is 10.6. The maximum Gasteiger partial charge on any atom is 0.220 e. The Bertz CT molecular complexity index is 339. The maximum absolute atomic E-state index is 9.80. The lowest BCUT2D eigenvalue weighted by atomic mass is 10.1. The summed E-state index contributed by atoms with van der Waals surface area (Å²) in [6.45, 7) is 1.72. The number of aryl methyl sites for hydroxylation is 1. The molecule has 0 saturated carbocycles. The van der Waals surface area contributed by atoms with Gasteiger partial charge in [-0.2, -0.15) is 11.8 Å². The Balaban J connectivity index is 3.28. The lowest BCUT2D eigenvalue weighted by Crippen LogP contribution is -2.32. The lowest BCUT2D eigenvalue weighted by Gasteiger charge is -2.08. The van der Waals surface area contributed by atoms with Crippen molar-refractivity contribution in [2.75, 3.05) is 6.26 Å². The van der Waals surface area contributed by atoms with Crippen LogP contribution in [-0.2, 0) is 19.4 Å². The molecule has 0 bridgehead atoms. The molecule has 78 valence electrons. The molecule has 0 aliphatic rings. The molecule has 1 aromatic heterocycles. The molecule has 1 heterocycles. The van der Waals surface area contributed by atoms with Gasteiger partial charge in [-0.25, -0.2) is 4.57 Å². The minimum atomic E-state index is -0.108. The third-order valence-electron chi connectivity index (χ3n) is 2.35. The fourth-order valence-corrected chi connectivity index (χ4v) is 1.96. The molecule has 1 rings (SSSR count). The molecule has 0 saturated heterocycles. The summed E-state index contributed by atoms with van der Waals surface area (Å²) in [7, 11) is 1.89. The predicted octanol–water partition coefficient (Wildman–Crippen LogP) is 0.880. The minimum absolute atomic E-state index is 0.108. The van der Waals surface area contributed by atoms with Crippen molar-refractivity contribution in [3.05, 3.63) is 23.0 Å². The quantitative estimate of drug-likeness (QED) is 0.734. The molecule has 0 atom stereocenters. The third kappa shape index (κ3) is 2.01. The molecule has 0 amide bonds. The number of aliphatic hydroxyl groups excluding tert-OH is 1. The monoisotopic (exact) mass is 214 g/mol. The smallest absolute Gasteiger partial charge is 0.220 e. The van der Waals surface area contributed by atoms with Crippen molar-refractivity contribution in [1.82, 2.24) is 0 Å². The summed E-state index contributed by atoms with van der Waals surface area (Å²) in [6, 6.07) is 0. The van der Waals surface area contributed by atoms with Crippen LogP contribution in [0.15, 0.2) is 6.20 Å². The van der Waals surface area contributed by atoms with Crippen molar-refractivity contribution in [3.63, 3.8) is 0 Å². The van der Waals surface area contributed by atoms with Gasteiger partial charge >= 0.3 is 0 Å². The minimum Gasteiger partial charge on any atom is -0.502 e. The molecular weight excluding hydrogens is 198 g/mol. The Morgan fingerprint density at radius 3 is 2.64 bits per heavy atom.